The molecule has 4 rings (SSSR count). The van der Waals surface area contributed by atoms with Crippen molar-refractivity contribution < 1.29 is 24.1 Å². The highest BCUT2D eigenvalue weighted by Crippen LogP contribution is 2.30. The normalized spacial score (nSPS) is 14.0. The molecule has 0 spiro atoms. The number of carboxylic acids is 1. The van der Waals surface area contributed by atoms with E-state index in [1.165, 1.54) is 20.3 Å². The van der Waals surface area contributed by atoms with Gasteiger partial charge in [0.2, 0.25) is 0 Å². The molecule has 34 heavy (non-hydrogen) atoms. The second-order valence-corrected chi connectivity index (χ2v) is 9.02. The Labute approximate surface area is 200 Å². The molecule has 1 N–H and O–H groups in total. The summed E-state index contributed by atoms with van der Waals surface area (Å²) in [5.74, 6) is 0.645. The summed E-state index contributed by atoms with van der Waals surface area (Å²) in [6.45, 7) is 6.20. The first kappa shape index (κ1) is 23.8. The van der Waals surface area contributed by atoms with Crippen LogP contribution in [-0.4, -0.2) is 39.2 Å². The highest BCUT2D eigenvalue weighted by atomic mass is 16.5. The number of hydrogen-bond acceptors (Lipinski definition) is 5. The van der Waals surface area contributed by atoms with Gasteiger partial charge in [0.05, 0.1) is 37.3 Å². The van der Waals surface area contributed by atoms with E-state index in [9.17, 15) is 9.90 Å². The Hall–Kier alpha value is -3.32. The predicted octanol–water partition coefficient (Wildman–Crippen LogP) is 5.31. The van der Waals surface area contributed by atoms with Crippen LogP contribution in [0.25, 0.3) is 11.3 Å². The number of aliphatic carboxylic acids is 1. The summed E-state index contributed by atoms with van der Waals surface area (Å²) in [6, 6.07) is 17.9. The molecule has 1 saturated carbocycles. The summed E-state index contributed by atoms with van der Waals surface area (Å²) in [5.41, 5.74) is 2.23. The molecule has 0 atom stereocenters. The minimum absolute atomic E-state index is 0.0880. The second-order valence-electron chi connectivity index (χ2n) is 9.02. The van der Waals surface area contributed by atoms with Gasteiger partial charge < -0.3 is 19.3 Å². The summed E-state index contributed by atoms with van der Waals surface area (Å²) in [6.07, 6.45) is 3.70. The second kappa shape index (κ2) is 10.3. The van der Waals surface area contributed by atoms with Crippen LogP contribution in [0.15, 0.2) is 54.6 Å². The minimum atomic E-state index is -1.30. The summed E-state index contributed by atoms with van der Waals surface area (Å²) < 4.78 is 19.5. The summed E-state index contributed by atoms with van der Waals surface area (Å²) in [7, 11) is 0. The molecule has 1 aliphatic carbocycles. The van der Waals surface area contributed by atoms with Crippen molar-refractivity contribution in [3.05, 3.63) is 65.9 Å². The van der Waals surface area contributed by atoms with E-state index in [2.05, 4.69) is 0 Å². The number of para-hydroxylation sites is 1. The van der Waals surface area contributed by atoms with Gasteiger partial charge in [-0.3, -0.25) is 4.68 Å². The lowest BCUT2D eigenvalue weighted by Gasteiger charge is -2.26. The Bertz CT molecular complexity index is 1130. The van der Waals surface area contributed by atoms with Crippen molar-refractivity contribution in [1.29, 1.82) is 0 Å². The molecule has 0 radical (unpaired) electrons. The van der Waals surface area contributed by atoms with E-state index in [0.29, 0.717) is 24.9 Å². The number of carbonyl (C=O) groups is 1. The van der Waals surface area contributed by atoms with Gasteiger partial charge in [-0.15, -0.1) is 0 Å². The van der Waals surface area contributed by atoms with Crippen LogP contribution in [0.5, 0.6) is 11.5 Å². The molecule has 1 heterocycles. The first-order chi connectivity index (χ1) is 16.4. The van der Waals surface area contributed by atoms with E-state index in [-0.39, 0.29) is 6.61 Å². The fraction of sp³-hybridized carbons (Fsp3) is 0.407. The molecule has 3 aromatic rings. The maximum absolute atomic E-state index is 11.5. The molecular formula is C27H32N2O5. The molecule has 0 amide bonds. The average molecular weight is 465 g/mol. The number of benzene rings is 2. The molecule has 7 nitrogen and oxygen atoms in total. The zero-order valence-electron chi connectivity index (χ0n) is 20.0. The van der Waals surface area contributed by atoms with Crippen LogP contribution in [0.2, 0.25) is 0 Å². The van der Waals surface area contributed by atoms with Crippen molar-refractivity contribution in [2.45, 2.75) is 64.9 Å². The van der Waals surface area contributed by atoms with Crippen LogP contribution in [-0.2, 0) is 22.7 Å². The molecule has 0 aliphatic heterocycles. The zero-order valence-corrected chi connectivity index (χ0v) is 20.0. The van der Waals surface area contributed by atoms with Gasteiger partial charge in [0.15, 0.2) is 5.60 Å². The fourth-order valence-electron chi connectivity index (χ4n) is 3.71. The quantitative estimate of drug-likeness (QED) is 0.414. The number of rotatable bonds is 11. The molecule has 2 aromatic carbocycles. The molecule has 0 unspecified atom stereocenters. The van der Waals surface area contributed by atoms with Gasteiger partial charge >= 0.3 is 5.97 Å². The Morgan fingerprint density at radius 3 is 2.65 bits per heavy atom. The zero-order chi connectivity index (χ0) is 24.1. The van der Waals surface area contributed by atoms with Crippen LogP contribution in [0.3, 0.4) is 0 Å². The Morgan fingerprint density at radius 2 is 1.94 bits per heavy atom. The smallest absolute Gasteiger partial charge is 0.335 e. The minimum Gasteiger partial charge on any atom is -0.494 e. The standard InChI is InChI=1S/C27H32N2O5/c1-4-32-25-14-6-5-9-20(25)17-29-24(16-21(28-29)18-33-27(2,3)26(30)31)19-10-7-13-23(15-19)34-22-11-8-12-22/h5-7,9-10,13-16,22H,4,8,11-12,17-18H2,1-3H3,(H,30,31). The Morgan fingerprint density at radius 1 is 1.15 bits per heavy atom. The molecule has 180 valence electrons. The third kappa shape index (κ3) is 5.59. The van der Waals surface area contributed by atoms with Crippen molar-refractivity contribution in [3.63, 3.8) is 0 Å². The van der Waals surface area contributed by atoms with Gasteiger partial charge in [0, 0.05) is 11.1 Å². The van der Waals surface area contributed by atoms with Crippen LogP contribution in [0, 0.1) is 0 Å². The Kier molecular flexibility index (Phi) is 7.22. The fourth-order valence-corrected chi connectivity index (χ4v) is 3.71. The van der Waals surface area contributed by atoms with Gasteiger partial charge in [-0.25, -0.2) is 4.79 Å². The van der Waals surface area contributed by atoms with Crippen LogP contribution in [0.1, 0.15) is 51.3 Å². The van der Waals surface area contributed by atoms with Crippen molar-refractivity contribution in [1.82, 2.24) is 9.78 Å². The van der Waals surface area contributed by atoms with E-state index in [1.807, 2.05) is 66.2 Å². The summed E-state index contributed by atoms with van der Waals surface area (Å²) in [5, 5.41) is 14.1. The van der Waals surface area contributed by atoms with Crippen LogP contribution >= 0.6 is 0 Å². The largest absolute Gasteiger partial charge is 0.494 e. The summed E-state index contributed by atoms with van der Waals surface area (Å²) in [4.78, 5) is 11.5. The number of ether oxygens (including phenoxy) is 3. The van der Waals surface area contributed by atoms with Gasteiger partial charge in [0.1, 0.15) is 11.5 Å². The first-order valence-electron chi connectivity index (χ1n) is 11.8. The van der Waals surface area contributed by atoms with E-state index >= 15 is 0 Å². The van der Waals surface area contributed by atoms with Crippen molar-refractivity contribution >= 4 is 5.97 Å². The first-order valence-corrected chi connectivity index (χ1v) is 11.8. The monoisotopic (exact) mass is 464 g/mol. The van der Waals surface area contributed by atoms with Crippen molar-refractivity contribution in [2.75, 3.05) is 6.61 Å². The van der Waals surface area contributed by atoms with E-state index < -0.39 is 11.6 Å². The lowest BCUT2D eigenvalue weighted by molar-refractivity contribution is -0.162. The van der Waals surface area contributed by atoms with E-state index in [0.717, 1.165) is 41.2 Å². The Balaban J connectivity index is 1.65. The molecular weight excluding hydrogens is 432 g/mol. The molecule has 1 fully saturated rings. The average Bonchev–Trinajstić information content (AvgIpc) is 3.19. The maximum atomic E-state index is 11.5. The molecule has 1 aromatic heterocycles. The van der Waals surface area contributed by atoms with Crippen molar-refractivity contribution in [2.24, 2.45) is 0 Å². The third-order valence-corrected chi connectivity index (χ3v) is 6.00. The third-order valence-electron chi connectivity index (χ3n) is 6.00. The van der Waals surface area contributed by atoms with E-state index in [4.69, 9.17) is 19.3 Å². The lowest BCUT2D eigenvalue weighted by atomic mass is 9.96. The maximum Gasteiger partial charge on any atom is 0.335 e. The number of hydrogen-bond donors (Lipinski definition) is 1. The molecule has 1 aliphatic rings. The van der Waals surface area contributed by atoms with Gasteiger partial charge in [-0.2, -0.15) is 5.10 Å². The number of carboxylic acid groups (broad SMARTS) is 1. The van der Waals surface area contributed by atoms with Crippen LogP contribution < -0.4 is 9.47 Å². The molecule has 7 heteroatoms. The lowest BCUT2D eigenvalue weighted by Crippen LogP contribution is -2.34. The highest BCUT2D eigenvalue weighted by Gasteiger charge is 2.28. The molecule has 0 bridgehead atoms. The van der Waals surface area contributed by atoms with Crippen LogP contribution in [0.4, 0.5) is 0 Å². The van der Waals surface area contributed by atoms with Gasteiger partial charge in [-0.05, 0) is 64.3 Å². The SMILES string of the molecule is CCOc1ccccc1Cn1nc(COC(C)(C)C(=O)O)cc1-c1cccc(OC2CCC2)c1. The van der Waals surface area contributed by atoms with Gasteiger partial charge in [0.25, 0.3) is 0 Å². The number of nitrogens with zero attached hydrogens (tertiary/aromatic N) is 2. The van der Waals surface area contributed by atoms with E-state index in [1.54, 1.807) is 0 Å². The molecule has 0 saturated heterocycles. The highest BCUT2D eigenvalue weighted by molar-refractivity contribution is 5.76. The van der Waals surface area contributed by atoms with Crippen molar-refractivity contribution in [3.8, 4) is 22.8 Å². The van der Waals surface area contributed by atoms with Gasteiger partial charge in [-0.1, -0.05) is 30.3 Å². The number of aromatic nitrogens is 2. The predicted molar refractivity (Wildman–Crippen MR) is 129 cm³/mol. The summed E-state index contributed by atoms with van der Waals surface area (Å²) >= 11 is 0. The topological polar surface area (TPSA) is 82.8 Å².